The molecular formula is C29H24N2O6S2. The number of carbonyl (C=O) groups excluding carboxylic acids is 2. The summed E-state index contributed by atoms with van der Waals surface area (Å²) in [4.78, 5) is 22.5. The lowest BCUT2D eigenvalue weighted by Gasteiger charge is -2.31. The molecule has 0 atom stereocenters. The van der Waals surface area contributed by atoms with Gasteiger partial charge in [0.15, 0.2) is 0 Å². The van der Waals surface area contributed by atoms with Gasteiger partial charge in [-0.2, -0.15) is 0 Å². The monoisotopic (exact) mass is 560 g/mol. The van der Waals surface area contributed by atoms with Gasteiger partial charge in [0.05, 0.1) is 9.79 Å². The minimum Gasteiger partial charge on any atom is -0.326 e. The van der Waals surface area contributed by atoms with Crippen LogP contribution in [-0.4, -0.2) is 28.6 Å². The predicted octanol–water partition coefficient (Wildman–Crippen LogP) is 4.73. The highest BCUT2D eigenvalue weighted by Gasteiger charge is 2.63. The largest absolute Gasteiger partial charge is 0.326 e. The molecule has 0 fully saturated rings. The Morgan fingerprint density at radius 1 is 0.538 bits per heavy atom. The highest BCUT2D eigenvalue weighted by molar-refractivity contribution is 8.10. The number of rotatable bonds is 6. The SMILES string of the molecule is CC(=O)Nc1ccc(S(=O)(=O)C2(S(=O)(=O)c3ccc(NC(C)=O)cc3)c3ccccc3-c3ccccc32)cc1. The third kappa shape index (κ3) is 4.03. The summed E-state index contributed by atoms with van der Waals surface area (Å²) in [6.07, 6.45) is 0. The van der Waals surface area contributed by atoms with E-state index in [0.717, 1.165) is 0 Å². The second kappa shape index (κ2) is 9.48. The summed E-state index contributed by atoms with van der Waals surface area (Å²) in [6, 6.07) is 24.0. The molecule has 1 aliphatic rings. The van der Waals surface area contributed by atoms with Gasteiger partial charge in [0.25, 0.3) is 0 Å². The van der Waals surface area contributed by atoms with E-state index in [1.54, 1.807) is 36.4 Å². The van der Waals surface area contributed by atoms with Crippen molar-refractivity contribution in [3.8, 4) is 11.1 Å². The fraction of sp³-hybridized carbons (Fsp3) is 0.103. The van der Waals surface area contributed by atoms with Gasteiger partial charge in [0.2, 0.25) is 35.6 Å². The van der Waals surface area contributed by atoms with Crippen LogP contribution in [0, 0.1) is 0 Å². The number of nitrogens with one attached hydrogen (secondary N) is 2. The Balaban J connectivity index is 1.82. The first-order chi connectivity index (χ1) is 18.5. The van der Waals surface area contributed by atoms with Crippen LogP contribution >= 0.6 is 0 Å². The molecule has 0 aliphatic heterocycles. The fourth-order valence-electron chi connectivity index (χ4n) is 5.05. The number of hydrogen-bond donors (Lipinski definition) is 2. The van der Waals surface area contributed by atoms with Gasteiger partial charge < -0.3 is 10.6 Å². The molecule has 0 spiro atoms. The molecule has 5 rings (SSSR count). The van der Waals surface area contributed by atoms with Gasteiger partial charge in [-0.1, -0.05) is 48.5 Å². The number of fused-ring (bicyclic) bond motifs is 3. The minimum atomic E-state index is -4.68. The molecule has 4 aromatic rings. The summed E-state index contributed by atoms with van der Waals surface area (Å²) in [7, 11) is -9.36. The molecule has 0 heterocycles. The van der Waals surface area contributed by atoms with Crippen LogP contribution in [0.25, 0.3) is 11.1 Å². The first kappa shape index (κ1) is 26.3. The molecule has 0 saturated carbocycles. The van der Waals surface area contributed by atoms with Crippen LogP contribution in [0.5, 0.6) is 0 Å². The third-order valence-corrected chi connectivity index (χ3v) is 12.1. The van der Waals surface area contributed by atoms with E-state index in [0.29, 0.717) is 22.5 Å². The summed E-state index contributed by atoms with van der Waals surface area (Å²) in [5.41, 5.74) is 2.01. The summed E-state index contributed by atoms with van der Waals surface area (Å²) in [6.45, 7) is 2.66. The van der Waals surface area contributed by atoms with Crippen LogP contribution in [0.3, 0.4) is 0 Å². The highest BCUT2D eigenvalue weighted by Crippen LogP contribution is 2.58. The van der Waals surface area contributed by atoms with Crippen LogP contribution < -0.4 is 10.6 Å². The van der Waals surface area contributed by atoms with Gasteiger partial charge in [-0.3, -0.25) is 9.59 Å². The molecule has 10 heteroatoms. The number of hydrogen-bond acceptors (Lipinski definition) is 6. The molecular weight excluding hydrogens is 536 g/mol. The van der Waals surface area contributed by atoms with E-state index in [-0.39, 0.29) is 32.7 Å². The van der Waals surface area contributed by atoms with Crippen molar-refractivity contribution in [3.63, 3.8) is 0 Å². The van der Waals surface area contributed by atoms with E-state index < -0.39 is 23.8 Å². The maximum absolute atomic E-state index is 14.7. The maximum Gasteiger partial charge on any atom is 0.232 e. The van der Waals surface area contributed by atoms with Gasteiger partial charge in [0, 0.05) is 36.3 Å². The molecule has 8 nitrogen and oxygen atoms in total. The Bertz CT molecular complexity index is 1690. The first-order valence-electron chi connectivity index (χ1n) is 11.9. The van der Waals surface area contributed by atoms with Crippen LogP contribution in [0.1, 0.15) is 25.0 Å². The maximum atomic E-state index is 14.7. The second-order valence-electron chi connectivity index (χ2n) is 9.13. The van der Waals surface area contributed by atoms with Crippen molar-refractivity contribution in [2.75, 3.05) is 10.6 Å². The van der Waals surface area contributed by atoms with Gasteiger partial charge in [-0.25, -0.2) is 16.8 Å². The van der Waals surface area contributed by atoms with E-state index in [1.165, 1.54) is 74.5 Å². The number of benzene rings is 4. The van der Waals surface area contributed by atoms with Gasteiger partial charge in [0.1, 0.15) is 0 Å². The molecule has 2 N–H and O–H groups in total. The number of amides is 2. The Kier molecular flexibility index (Phi) is 6.40. The normalized spacial score (nSPS) is 13.7. The Labute approximate surface area is 226 Å². The average molecular weight is 561 g/mol. The van der Waals surface area contributed by atoms with Gasteiger partial charge in [-0.15, -0.1) is 0 Å². The molecule has 0 unspecified atom stereocenters. The van der Waals surface area contributed by atoms with Crippen molar-refractivity contribution in [1.82, 2.24) is 0 Å². The topological polar surface area (TPSA) is 126 Å². The van der Waals surface area contributed by atoms with Crippen molar-refractivity contribution < 1.29 is 26.4 Å². The zero-order chi connectivity index (χ0) is 28.0. The zero-order valence-corrected chi connectivity index (χ0v) is 22.6. The fourth-order valence-corrected chi connectivity index (χ4v) is 10.3. The summed E-state index contributed by atoms with van der Waals surface area (Å²) < 4.78 is 56.4. The molecule has 198 valence electrons. The molecule has 39 heavy (non-hydrogen) atoms. The quantitative estimate of drug-likeness (QED) is 0.351. The van der Waals surface area contributed by atoms with Gasteiger partial charge in [-0.05, 0) is 59.7 Å². The standard InChI is InChI=1S/C29H24N2O6S2/c1-19(32)30-21-11-15-23(16-12-21)38(34,35)29(39(36,37)24-17-13-22(14-18-24)31-20(2)33)27-9-5-3-7-25(27)26-8-4-6-10-28(26)29/h3-18H,1-2H3,(H,30,32)(H,31,33). The average Bonchev–Trinajstić information content (AvgIpc) is 3.21. The number of sulfone groups is 2. The molecule has 0 aromatic heterocycles. The van der Waals surface area contributed by atoms with E-state index in [2.05, 4.69) is 10.6 Å². The van der Waals surface area contributed by atoms with Crippen LogP contribution in [0.2, 0.25) is 0 Å². The summed E-state index contributed by atoms with van der Waals surface area (Å²) in [5.74, 6) is -0.656. The van der Waals surface area contributed by atoms with E-state index in [4.69, 9.17) is 0 Å². The van der Waals surface area contributed by atoms with E-state index in [1.807, 2.05) is 0 Å². The minimum absolute atomic E-state index is 0.128. The van der Waals surface area contributed by atoms with Crippen molar-refractivity contribution in [2.45, 2.75) is 27.7 Å². The summed E-state index contributed by atoms with van der Waals surface area (Å²) in [5, 5.41) is 5.17. The lowest BCUT2D eigenvalue weighted by molar-refractivity contribution is -0.115. The Morgan fingerprint density at radius 2 is 0.872 bits per heavy atom. The van der Waals surface area contributed by atoms with E-state index >= 15 is 0 Å². The van der Waals surface area contributed by atoms with E-state index in [9.17, 15) is 26.4 Å². The Morgan fingerprint density at radius 3 is 1.21 bits per heavy atom. The lowest BCUT2D eigenvalue weighted by Crippen LogP contribution is -2.43. The highest BCUT2D eigenvalue weighted by atomic mass is 32.3. The molecule has 0 saturated heterocycles. The second-order valence-corrected chi connectivity index (χ2v) is 13.6. The first-order valence-corrected chi connectivity index (χ1v) is 14.9. The van der Waals surface area contributed by atoms with Crippen molar-refractivity contribution in [1.29, 1.82) is 0 Å². The Hall–Kier alpha value is -4.28. The van der Waals surface area contributed by atoms with Crippen LogP contribution in [0.4, 0.5) is 11.4 Å². The van der Waals surface area contributed by atoms with Crippen LogP contribution in [0.15, 0.2) is 107 Å². The predicted molar refractivity (Wildman–Crippen MR) is 149 cm³/mol. The number of anilines is 2. The zero-order valence-electron chi connectivity index (χ0n) is 21.0. The van der Waals surface area contributed by atoms with Crippen molar-refractivity contribution in [2.24, 2.45) is 0 Å². The smallest absolute Gasteiger partial charge is 0.232 e. The van der Waals surface area contributed by atoms with Crippen LogP contribution in [-0.2, 0) is 33.3 Å². The summed E-state index contributed by atoms with van der Waals surface area (Å²) >= 11 is 0. The number of carbonyl (C=O) groups is 2. The molecule has 0 radical (unpaired) electrons. The van der Waals surface area contributed by atoms with Crippen molar-refractivity contribution >= 4 is 42.9 Å². The molecule has 1 aliphatic carbocycles. The van der Waals surface area contributed by atoms with Gasteiger partial charge >= 0.3 is 0 Å². The third-order valence-electron chi connectivity index (χ3n) is 6.58. The lowest BCUT2D eigenvalue weighted by atomic mass is 10.1. The van der Waals surface area contributed by atoms with Crippen molar-refractivity contribution in [3.05, 3.63) is 108 Å². The molecule has 2 amide bonds. The molecule has 4 aromatic carbocycles. The molecule has 0 bridgehead atoms.